The van der Waals surface area contributed by atoms with Crippen molar-refractivity contribution in [3.05, 3.63) is 29.8 Å². The van der Waals surface area contributed by atoms with Gasteiger partial charge >= 0.3 is 5.97 Å². The molecule has 1 aliphatic rings. The van der Waals surface area contributed by atoms with Gasteiger partial charge in [0.05, 0.1) is 10.5 Å². The number of rotatable bonds is 6. The Morgan fingerprint density at radius 3 is 2.65 bits per heavy atom. The van der Waals surface area contributed by atoms with Crippen LogP contribution in [0.15, 0.2) is 29.2 Å². The summed E-state index contributed by atoms with van der Waals surface area (Å²) in [7, 11) is -3.70. The third-order valence-corrected chi connectivity index (χ3v) is 5.82. The summed E-state index contributed by atoms with van der Waals surface area (Å²) in [6.07, 6.45) is 2.27. The molecule has 1 aromatic carbocycles. The standard InChI is InChI=1S/C16H24N2O4S/c1-12-6-8-18(9-7-12)13(2)11-17-23(21,22)15-5-3-4-14(10-15)16(19)20/h3-5,10,12-13,17H,6-9,11H2,1-2H3,(H,19,20). The number of nitrogens with zero attached hydrogens (tertiary/aromatic N) is 1. The molecule has 128 valence electrons. The number of likely N-dealkylation sites (tertiary alicyclic amines) is 1. The SMILES string of the molecule is CC1CCN(C(C)CNS(=O)(=O)c2cccc(C(=O)O)c2)CC1. The Morgan fingerprint density at radius 2 is 2.04 bits per heavy atom. The third-order valence-electron chi connectivity index (χ3n) is 4.40. The normalized spacial score (nSPS) is 18.7. The summed E-state index contributed by atoms with van der Waals surface area (Å²) >= 11 is 0. The number of piperidine rings is 1. The van der Waals surface area contributed by atoms with Crippen LogP contribution in [0.4, 0.5) is 0 Å². The van der Waals surface area contributed by atoms with Gasteiger partial charge in [-0.3, -0.25) is 4.90 Å². The molecule has 1 atom stereocenters. The van der Waals surface area contributed by atoms with E-state index < -0.39 is 16.0 Å². The van der Waals surface area contributed by atoms with Crippen LogP contribution in [0, 0.1) is 5.92 Å². The van der Waals surface area contributed by atoms with Gasteiger partial charge in [-0.05, 0) is 57.0 Å². The highest BCUT2D eigenvalue weighted by Crippen LogP contribution is 2.18. The lowest BCUT2D eigenvalue weighted by molar-refractivity contribution is 0.0696. The van der Waals surface area contributed by atoms with Crippen molar-refractivity contribution < 1.29 is 18.3 Å². The van der Waals surface area contributed by atoms with Gasteiger partial charge in [-0.2, -0.15) is 0 Å². The minimum atomic E-state index is -3.70. The van der Waals surface area contributed by atoms with Crippen molar-refractivity contribution in [2.45, 2.75) is 37.6 Å². The quantitative estimate of drug-likeness (QED) is 0.824. The van der Waals surface area contributed by atoms with Crippen molar-refractivity contribution in [2.24, 2.45) is 5.92 Å². The minimum Gasteiger partial charge on any atom is -0.478 e. The van der Waals surface area contributed by atoms with Gasteiger partial charge in [0.2, 0.25) is 10.0 Å². The fourth-order valence-electron chi connectivity index (χ4n) is 2.71. The van der Waals surface area contributed by atoms with E-state index in [1.54, 1.807) is 0 Å². The molecule has 0 amide bonds. The molecule has 2 rings (SSSR count). The van der Waals surface area contributed by atoms with Crippen LogP contribution in [0.2, 0.25) is 0 Å². The molecule has 1 aromatic rings. The lowest BCUT2D eigenvalue weighted by Crippen LogP contribution is -2.45. The van der Waals surface area contributed by atoms with Gasteiger partial charge in [0, 0.05) is 12.6 Å². The fourth-order valence-corrected chi connectivity index (χ4v) is 3.88. The Bertz CT molecular complexity index is 652. The maximum atomic E-state index is 12.3. The summed E-state index contributed by atoms with van der Waals surface area (Å²) in [5.41, 5.74) is -0.0362. The van der Waals surface area contributed by atoms with Crippen LogP contribution in [0.3, 0.4) is 0 Å². The van der Waals surface area contributed by atoms with Gasteiger partial charge in [-0.15, -0.1) is 0 Å². The average molecular weight is 340 g/mol. The number of hydrogen-bond donors (Lipinski definition) is 2. The lowest BCUT2D eigenvalue weighted by atomic mass is 9.98. The van der Waals surface area contributed by atoms with Gasteiger partial charge in [-0.25, -0.2) is 17.9 Å². The van der Waals surface area contributed by atoms with E-state index >= 15 is 0 Å². The summed E-state index contributed by atoms with van der Waals surface area (Å²) in [5, 5.41) is 8.96. The highest BCUT2D eigenvalue weighted by atomic mass is 32.2. The molecule has 7 heteroatoms. The molecule has 0 bridgehead atoms. The van der Waals surface area contributed by atoms with E-state index in [2.05, 4.69) is 16.5 Å². The van der Waals surface area contributed by atoms with Crippen molar-refractivity contribution >= 4 is 16.0 Å². The van der Waals surface area contributed by atoms with Gasteiger partial charge in [0.1, 0.15) is 0 Å². The predicted octanol–water partition coefficient (Wildman–Crippen LogP) is 1.78. The number of carbonyl (C=O) groups is 1. The summed E-state index contributed by atoms with van der Waals surface area (Å²) < 4.78 is 27.2. The van der Waals surface area contributed by atoms with Crippen LogP contribution in [0.5, 0.6) is 0 Å². The highest BCUT2D eigenvalue weighted by molar-refractivity contribution is 7.89. The molecule has 23 heavy (non-hydrogen) atoms. The minimum absolute atomic E-state index is 0.0168. The number of carboxylic acids is 1. The molecule has 1 heterocycles. The van der Waals surface area contributed by atoms with Crippen LogP contribution in [-0.4, -0.2) is 50.1 Å². The maximum Gasteiger partial charge on any atom is 0.335 e. The topological polar surface area (TPSA) is 86.7 Å². The van der Waals surface area contributed by atoms with E-state index in [0.29, 0.717) is 6.54 Å². The number of benzene rings is 1. The van der Waals surface area contributed by atoms with Gasteiger partial charge in [0.25, 0.3) is 0 Å². The van der Waals surface area contributed by atoms with Crippen LogP contribution in [0.25, 0.3) is 0 Å². The Morgan fingerprint density at radius 1 is 1.39 bits per heavy atom. The van der Waals surface area contributed by atoms with E-state index in [-0.39, 0.29) is 16.5 Å². The zero-order valence-corrected chi connectivity index (χ0v) is 14.3. The number of sulfonamides is 1. The van der Waals surface area contributed by atoms with Gasteiger partial charge in [-0.1, -0.05) is 13.0 Å². The lowest BCUT2D eigenvalue weighted by Gasteiger charge is -2.34. The van der Waals surface area contributed by atoms with Crippen molar-refractivity contribution in [3.63, 3.8) is 0 Å². The van der Waals surface area contributed by atoms with Crippen molar-refractivity contribution in [1.29, 1.82) is 0 Å². The van der Waals surface area contributed by atoms with Crippen molar-refractivity contribution in [1.82, 2.24) is 9.62 Å². The van der Waals surface area contributed by atoms with Gasteiger partial charge < -0.3 is 5.11 Å². The molecule has 0 saturated carbocycles. The predicted molar refractivity (Wildman–Crippen MR) is 88.0 cm³/mol. The number of nitrogens with one attached hydrogen (secondary N) is 1. The van der Waals surface area contributed by atoms with E-state index in [1.165, 1.54) is 24.3 Å². The van der Waals surface area contributed by atoms with Gasteiger partial charge in [0.15, 0.2) is 0 Å². The zero-order valence-electron chi connectivity index (χ0n) is 13.5. The molecule has 1 aliphatic heterocycles. The Hall–Kier alpha value is -1.44. The fraction of sp³-hybridized carbons (Fsp3) is 0.562. The maximum absolute atomic E-state index is 12.3. The number of hydrogen-bond acceptors (Lipinski definition) is 4. The summed E-state index contributed by atoms with van der Waals surface area (Å²) in [6, 6.07) is 5.51. The summed E-state index contributed by atoms with van der Waals surface area (Å²) in [4.78, 5) is 13.2. The second-order valence-electron chi connectivity index (χ2n) is 6.25. The summed E-state index contributed by atoms with van der Waals surface area (Å²) in [6.45, 7) is 6.53. The van der Waals surface area contributed by atoms with Crippen molar-refractivity contribution in [2.75, 3.05) is 19.6 Å². The first-order chi connectivity index (χ1) is 10.8. The monoisotopic (exact) mass is 340 g/mol. The zero-order chi connectivity index (χ0) is 17.0. The van der Waals surface area contributed by atoms with Crippen LogP contribution in [0.1, 0.15) is 37.0 Å². The second-order valence-corrected chi connectivity index (χ2v) is 8.02. The molecule has 0 spiro atoms. The average Bonchev–Trinajstić information content (AvgIpc) is 2.53. The first kappa shape index (κ1) is 17.9. The molecular formula is C16H24N2O4S. The van der Waals surface area contributed by atoms with Crippen LogP contribution >= 0.6 is 0 Å². The molecular weight excluding hydrogens is 316 g/mol. The number of carboxylic acid groups (broad SMARTS) is 1. The Balaban J connectivity index is 1.98. The molecule has 1 saturated heterocycles. The summed E-state index contributed by atoms with van der Waals surface area (Å²) in [5.74, 6) is -0.410. The first-order valence-electron chi connectivity index (χ1n) is 7.86. The molecule has 0 radical (unpaired) electrons. The van der Waals surface area contributed by atoms with Crippen molar-refractivity contribution in [3.8, 4) is 0 Å². The van der Waals surface area contributed by atoms with E-state index in [9.17, 15) is 13.2 Å². The highest BCUT2D eigenvalue weighted by Gasteiger charge is 2.22. The third kappa shape index (κ3) is 4.76. The molecule has 6 nitrogen and oxygen atoms in total. The molecule has 1 unspecified atom stereocenters. The van der Waals surface area contributed by atoms with E-state index in [1.807, 2.05) is 6.92 Å². The van der Waals surface area contributed by atoms with Crippen LogP contribution < -0.4 is 4.72 Å². The van der Waals surface area contributed by atoms with Crippen LogP contribution in [-0.2, 0) is 10.0 Å². The van der Waals surface area contributed by atoms with E-state index in [4.69, 9.17) is 5.11 Å². The van der Waals surface area contributed by atoms with E-state index in [0.717, 1.165) is 31.8 Å². The molecule has 0 aromatic heterocycles. The first-order valence-corrected chi connectivity index (χ1v) is 9.35. The largest absolute Gasteiger partial charge is 0.478 e. The molecule has 0 aliphatic carbocycles. The number of aromatic carboxylic acids is 1. The molecule has 1 fully saturated rings. The Kier molecular flexibility index (Phi) is 5.78. The molecule has 2 N–H and O–H groups in total. The smallest absolute Gasteiger partial charge is 0.335 e. The second kappa shape index (κ2) is 7.42. The Labute approximate surface area is 137 Å².